The van der Waals surface area contributed by atoms with E-state index in [-0.39, 0.29) is 5.60 Å². The second-order valence-corrected chi connectivity index (χ2v) is 7.88. The van der Waals surface area contributed by atoms with Gasteiger partial charge in [-0.05, 0) is 77.6 Å². The highest BCUT2D eigenvalue weighted by Crippen LogP contribution is 2.37. The largest absolute Gasteiger partial charge is 0.375 e. The van der Waals surface area contributed by atoms with Gasteiger partial charge in [0.1, 0.15) is 0 Å². The molecule has 25 heavy (non-hydrogen) atoms. The Kier molecular flexibility index (Phi) is 13.0. The molecule has 1 heteroatoms. The molecule has 3 unspecified atom stereocenters. The van der Waals surface area contributed by atoms with E-state index < -0.39 is 0 Å². The molecule has 1 aliphatic rings. The van der Waals surface area contributed by atoms with E-state index in [9.17, 15) is 0 Å². The molecule has 0 bridgehead atoms. The highest BCUT2D eigenvalue weighted by molar-refractivity contribution is 5.04. The lowest BCUT2D eigenvalue weighted by Crippen LogP contribution is -2.31. The third-order valence-electron chi connectivity index (χ3n) is 5.87. The van der Waals surface area contributed by atoms with Crippen LogP contribution in [0.25, 0.3) is 0 Å². The van der Waals surface area contributed by atoms with Crippen LogP contribution >= 0.6 is 0 Å². The smallest absolute Gasteiger partial charge is 0.0657 e. The average Bonchev–Trinajstić information content (AvgIpc) is 3.13. The highest BCUT2D eigenvalue weighted by Gasteiger charge is 2.30. The van der Waals surface area contributed by atoms with E-state index in [1.807, 2.05) is 0 Å². The van der Waals surface area contributed by atoms with Crippen molar-refractivity contribution in [2.24, 2.45) is 11.8 Å². The van der Waals surface area contributed by atoms with Crippen LogP contribution in [0.5, 0.6) is 0 Å². The molecule has 1 fully saturated rings. The topological polar surface area (TPSA) is 9.23 Å². The first-order chi connectivity index (χ1) is 11.9. The van der Waals surface area contributed by atoms with Gasteiger partial charge in [0, 0.05) is 0 Å². The maximum Gasteiger partial charge on any atom is 0.0657 e. The van der Waals surface area contributed by atoms with Gasteiger partial charge in [0.05, 0.1) is 12.2 Å². The van der Waals surface area contributed by atoms with Crippen LogP contribution in [0.3, 0.4) is 0 Å². The zero-order chi connectivity index (χ0) is 19.3. The summed E-state index contributed by atoms with van der Waals surface area (Å²) in [6.45, 7) is 22.4. The molecule has 0 aromatic rings. The third-order valence-corrected chi connectivity index (χ3v) is 5.87. The van der Waals surface area contributed by atoms with Crippen molar-refractivity contribution in [3.05, 3.63) is 37.0 Å². The van der Waals surface area contributed by atoms with Crippen LogP contribution in [-0.2, 0) is 4.74 Å². The summed E-state index contributed by atoms with van der Waals surface area (Å²) in [6, 6.07) is 0. The van der Waals surface area contributed by atoms with Gasteiger partial charge in [0.25, 0.3) is 0 Å². The van der Waals surface area contributed by atoms with Gasteiger partial charge in [0.15, 0.2) is 0 Å². The zero-order valence-electron chi connectivity index (χ0n) is 17.8. The van der Waals surface area contributed by atoms with Crippen LogP contribution in [0, 0.1) is 11.8 Å². The zero-order valence-corrected chi connectivity index (χ0v) is 17.8. The molecule has 0 radical (unpaired) electrons. The maximum atomic E-state index is 6.51. The van der Waals surface area contributed by atoms with Crippen LogP contribution in [0.15, 0.2) is 37.0 Å². The van der Waals surface area contributed by atoms with Crippen LogP contribution < -0.4 is 0 Å². The van der Waals surface area contributed by atoms with Crippen molar-refractivity contribution in [1.82, 2.24) is 0 Å². The van der Waals surface area contributed by atoms with Gasteiger partial charge < -0.3 is 4.74 Å². The van der Waals surface area contributed by atoms with E-state index in [1.165, 1.54) is 44.1 Å². The summed E-state index contributed by atoms with van der Waals surface area (Å²) in [6.07, 6.45) is 13.3. The molecule has 0 amide bonds. The summed E-state index contributed by atoms with van der Waals surface area (Å²) >= 11 is 0. The minimum Gasteiger partial charge on any atom is -0.375 e. The highest BCUT2D eigenvalue weighted by atomic mass is 16.5. The predicted octanol–water partition coefficient (Wildman–Crippen LogP) is 7.88. The lowest BCUT2D eigenvalue weighted by Gasteiger charge is -2.32. The van der Waals surface area contributed by atoms with Crippen LogP contribution in [0.2, 0.25) is 0 Å². The Hall–Kier alpha value is -0.820. The van der Waals surface area contributed by atoms with Crippen molar-refractivity contribution in [2.45, 2.75) is 98.0 Å². The van der Waals surface area contributed by atoms with Crippen molar-refractivity contribution < 1.29 is 4.74 Å². The van der Waals surface area contributed by atoms with Crippen molar-refractivity contribution >= 4 is 0 Å². The van der Waals surface area contributed by atoms with Gasteiger partial charge in [-0.3, -0.25) is 0 Å². The first kappa shape index (κ1) is 24.2. The molecule has 0 spiro atoms. The van der Waals surface area contributed by atoms with Crippen LogP contribution in [0.4, 0.5) is 0 Å². The number of rotatable bonds is 11. The van der Waals surface area contributed by atoms with Crippen molar-refractivity contribution in [1.29, 1.82) is 0 Å². The molecule has 146 valence electrons. The van der Waals surface area contributed by atoms with Crippen molar-refractivity contribution in [3.8, 4) is 0 Å². The molecule has 3 atom stereocenters. The number of unbranched alkanes of at least 4 members (excludes halogenated alkanes) is 1. The molecule has 0 aromatic carbocycles. The van der Waals surface area contributed by atoms with E-state index in [2.05, 4.69) is 60.4 Å². The molecule has 0 N–H and O–H groups in total. The molecule has 0 heterocycles. The fraction of sp³-hybridized carbons (Fsp3) is 0.750. The minimum absolute atomic E-state index is 0.0435. The van der Waals surface area contributed by atoms with Crippen molar-refractivity contribution in [2.75, 3.05) is 6.61 Å². The van der Waals surface area contributed by atoms with E-state index in [4.69, 9.17) is 4.74 Å². The molecule has 1 nitrogen and oxygen atoms in total. The van der Waals surface area contributed by atoms with Gasteiger partial charge in [-0.25, -0.2) is 0 Å². The Morgan fingerprint density at radius 1 is 1.20 bits per heavy atom. The summed E-state index contributed by atoms with van der Waals surface area (Å²) in [5, 5.41) is 0. The van der Waals surface area contributed by atoms with Gasteiger partial charge >= 0.3 is 0 Å². The predicted molar refractivity (Wildman–Crippen MR) is 114 cm³/mol. The van der Waals surface area contributed by atoms with E-state index in [1.54, 1.807) is 5.57 Å². The Bertz CT molecular complexity index is 395. The molecule has 0 aliphatic heterocycles. The molecule has 0 saturated heterocycles. The molecule has 1 aliphatic carbocycles. The van der Waals surface area contributed by atoms with Gasteiger partial charge in [-0.2, -0.15) is 0 Å². The SMILES string of the molecule is C=C.C=C(CC)CCC(C)(CCCC)OCC1CCC(/C(C)=C/C)C1. The Morgan fingerprint density at radius 2 is 1.88 bits per heavy atom. The average molecular weight is 349 g/mol. The number of ether oxygens (including phenoxy) is 1. The lowest BCUT2D eigenvalue weighted by molar-refractivity contribution is -0.0596. The summed E-state index contributed by atoms with van der Waals surface area (Å²) in [5.41, 5.74) is 2.98. The summed E-state index contributed by atoms with van der Waals surface area (Å²) < 4.78 is 6.51. The van der Waals surface area contributed by atoms with Gasteiger partial charge in [-0.15, -0.1) is 13.2 Å². The van der Waals surface area contributed by atoms with E-state index >= 15 is 0 Å². The van der Waals surface area contributed by atoms with E-state index in [0.29, 0.717) is 0 Å². The summed E-state index contributed by atoms with van der Waals surface area (Å²) in [5.74, 6) is 1.56. The fourth-order valence-corrected chi connectivity index (χ4v) is 3.63. The molecular weight excluding hydrogens is 304 g/mol. The van der Waals surface area contributed by atoms with Gasteiger partial charge in [0.2, 0.25) is 0 Å². The fourth-order valence-electron chi connectivity index (χ4n) is 3.63. The van der Waals surface area contributed by atoms with Crippen LogP contribution in [0.1, 0.15) is 92.4 Å². The maximum absolute atomic E-state index is 6.51. The Morgan fingerprint density at radius 3 is 2.44 bits per heavy atom. The Labute approximate surface area is 158 Å². The molecular formula is C24H44O. The monoisotopic (exact) mass is 348 g/mol. The third kappa shape index (κ3) is 9.45. The molecule has 0 aromatic heterocycles. The number of hydrogen-bond acceptors (Lipinski definition) is 1. The lowest BCUT2D eigenvalue weighted by atomic mass is 9.90. The van der Waals surface area contributed by atoms with Crippen LogP contribution in [-0.4, -0.2) is 12.2 Å². The quantitative estimate of drug-likeness (QED) is 0.345. The normalized spacial score (nSPS) is 22.8. The first-order valence-corrected chi connectivity index (χ1v) is 10.4. The standard InChI is InChI=1S/C22H40O.C2H4/c1-7-10-14-22(6,15-13-18(4)8-2)23-17-20-11-12-21(16-20)19(5)9-3;1-2/h9,20-21H,4,7-8,10-17H2,1-3,5-6H3;1-2H2/b19-9+;. The minimum atomic E-state index is 0.0435. The molecule has 1 saturated carbocycles. The number of hydrogen-bond donors (Lipinski definition) is 0. The van der Waals surface area contributed by atoms with Gasteiger partial charge in [-0.1, -0.05) is 50.5 Å². The van der Waals surface area contributed by atoms with Crippen molar-refractivity contribution in [3.63, 3.8) is 0 Å². The number of allylic oxidation sites excluding steroid dienone is 3. The Balaban J connectivity index is 0.00000277. The van der Waals surface area contributed by atoms with E-state index in [0.717, 1.165) is 37.7 Å². The second kappa shape index (κ2) is 13.4. The first-order valence-electron chi connectivity index (χ1n) is 10.4. The molecule has 1 rings (SSSR count). The second-order valence-electron chi connectivity index (χ2n) is 7.88. The summed E-state index contributed by atoms with van der Waals surface area (Å²) in [4.78, 5) is 0. The summed E-state index contributed by atoms with van der Waals surface area (Å²) in [7, 11) is 0.